The molecule has 0 aliphatic heterocycles. The van der Waals surface area contributed by atoms with Gasteiger partial charge in [0.25, 0.3) is 0 Å². The minimum Gasteiger partial charge on any atom is -0.497 e. The number of hydrogen-bond donors (Lipinski definition) is 0. The SMILES string of the molecule is COc1cccc(OCc2cn(C)c3cc(F)ccc23)c1. The first kappa shape index (κ1) is 13.5. The minimum absolute atomic E-state index is 0.232. The van der Waals surface area contributed by atoms with Gasteiger partial charge in [0.1, 0.15) is 23.9 Å². The zero-order valence-corrected chi connectivity index (χ0v) is 12.0. The van der Waals surface area contributed by atoms with Crippen LogP contribution in [0.4, 0.5) is 4.39 Å². The van der Waals surface area contributed by atoms with Gasteiger partial charge in [-0.05, 0) is 30.3 Å². The van der Waals surface area contributed by atoms with Gasteiger partial charge in [-0.3, -0.25) is 0 Å². The fourth-order valence-electron chi connectivity index (χ4n) is 2.41. The number of halogens is 1. The molecule has 3 nitrogen and oxygen atoms in total. The maximum Gasteiger partial charge on any atom is 0.125 e. The van der Waals surface area contributed by atoms with Crippen LogP contribution in [0.5, 0.6) is 11.5 Å². The summed E-state index contributed by atoms with van der Waals surface area (Å²) in [4.78, 5) is 0. The van der Waals surface area contributed by atoms with E-state index in [0.29, 0.717) is 6.61 Å². The molecule has 1 aromatic heterocycles. The number of aryl methyl sites for hydroxylation is 1. The van der Waals surface area contributed by atoms with E-state index >= 15 is 0 Å². The molecule has 3 aromatic rings. The Labute approximate surface area is 122 Å². The standard InChI is InChI=1S/C17H16FNO2/c1-19-10-12(16-7-6-13(18)8-17(16)19)11-21-15-5-3-4-14(9-15)20-2/h3-10H,11H2,1-2H3. The first-order valence-corrected chi connectivity index (χ1v) is 6.67. The van der Waals surface area contributed by atoms with Crippen molar-refractivity contribution in [1.82, 2.24) is 4.57 Å². The van der Waals surface area contributed by atoms with Crippen molar-refractivity contribution >= 4 is 10.9 Å². The highest BCUT2D eigenvalue weighted by molar-refractivity contribution is 5.83. The summed E-state index contributed by atoms with van der Waals surface area (Å²) in [6.07, 6.45) is 1.96. The Hall–Kier alpha value is -2.49. The second kappa shape index (κ2) is 5.48. The molecule has 4 heteroatoms. The van der Waals surface area contributed by atoms with E-state index in [1.54, 1.807) is 13.2 Å². The highest BCUT2D eigenvalue weighted by Crippen LogP contribution is 2.24. The number of methoxy groups -OCH3 is 1. The van der Waals surface area contributed by atoms with Gasteiger partial charge in [-0.25, -0.2) is 4.39 Å². The smallest absolute Gasteiger partial charge is 0.125 e. The van der Waals surface area contributed by atoms with E-state index in [1.165, 1.54) is 12.1 Å². The largest absolute Gasteiger partial charge is 0.497 e. The zero-order chi connectivity index (χ0) is 14.8. The second-order valence-corrected chi connectivity index (χ2v) is 4.89. The van der Waals surface area contributed by atoms with Crippen LogP contribution in [0.25, 0.3) is 10.9 Å². The highest BCUT2D eigenvalue weighted by Gasteiger charge is 2.08. The van der Waals surface area contributed by atoms with Gasteiger partial charge in [-0.1, -0.05) is 6.07 Å². The Bertz CT molecular complexity index is 780. The molecule has 0 N–H and O–H groups in total. The molecule has 0 saturated heterocycles. The van der Waals surface area contributed by atoms with Crippen LogP contribution in [0.2, 0.25) is 0 Å². The van der Waals surface area contributed by atoms with Crippen LogP contribution >= 0.6 is 0 Å². The molecule has 0 spiro atoms. The fourth-order valence-corrected chi connectivity index (χ4v) is 2.41. The number of hydrogen-bond acceptors (Lipinski definition) is 2. The lowest BCUT2D eigenvalue weighted by Gasteiger charge is -2.07. The molecule has 108 valence electrons. The zero-order valence-electron chi connectivity index (χ0n) is 12.0. The summed E-state index contributed by atoms with van der Waals surface area (Å²) in [5.41, 5.74) is 1.88. The average Bonchev–Trinajstić information content (AvgIpc) is 2.81. The summed E-state index contributed by atoms with van der Waals surface area (Å²) in [6, 6.07) is 12.3. The van der Waals surface area contributed by atoms with E-state index in [1.807, 2.05) is 42.1 Å². The molecule has 3 rings (SSSR count). The molecule has 2 aromatic carbocycles. The predicted octanol–water partition coefficient (Wildman–Crippen LogP) is 3.91. The normalized spacial score (nSPS) is 10.8. The van der Waals surface area contributed by atoms with Crippen molar-refractivity contribution in [3.8, 4) is 11.5 Å². The van der Waals surface area contributed by atoms with Gasteiger partial charge in [0.15, 0.2) is 0 Å². The van der Waals surface area contributed by atoms with Crippen molar-refractivity contribution in [2.24, 2.45) is 7.05 Å². The lowest BCUT2D eigenvalue weighted by molar-refractivity contribution is 0.305. The highest BCUT2D eigenvalue weighted by atomic mass is 19.1. The number of fused-ring (bicyclic) bond motifs is 1. The van der Waals surface area contributed by atoms with Gasteiger partial charge >= 0.3 is 0 Å². The molecular weight excluding hydrogens is 269 g/mol. The van der Waals surface area contributed by atoms with Crippen LogP contribution in [0.3, 0.4) is 0 Å². The van der Waals surface area contributed by atoms with E-state index in [9.17, 15) is 4.39 Å². The number of rotatable bonds is 4. The van der Waals surface area contributed by atoms with E-state index < -0.39 is 0 Å². The van der Waals surface area contributed by atoms with E-state index in [0.717, 1.165) is 28.0 Å². The number of aromatic nitrogens is 1. The van der Waals surface area contributed by atoms with E-state index in [4.69, 9.17) is 9.47 Å². The lowest BCUT2D eigenvalue weighted by atomic mass is 10.2. The molecule has 0 unspecified atom stereocenters. The summed E-state index contributed by atoms with van der Waals surface area (Å²) < 4.78 is 26.2. The Balaban J connectivity index is 1.85. The van der Waals surface area contributed by atoms with Crippen LogP contribution in [0, 0.1) is 5.82 Å². The third kappa shape index (κ3) is 2.70. The lowest BCUT2D eigenvalue weighted by Crippen LogP contribution is -1.95. The molecule has 0 radical (unpaired) electrons. The summed E-state index contributed by atoms with van der Waals surface area (Å²) in [6.45, 7) is 0.427. The molecule has 21 heavy (non-hydrogen) atoms. The van der Waals surface area contributed by atoms with Crippen molar-refractivity contribution in [3.05, 3.63) is 60.0 Å². The molecule has 0 saturated carbocycles. The predicted molar refractivity (Wildman–Crippen MR) is 80.2 cm³/mol. The molecule has 0 amide bonds. The van der Waals surface area contributed by atoms with Crippen LogP contribution in [0.15, 0.2) is 48.7 Å². The van der Waals surface area contributed by atoms with Crippen LogP contribution in [-0.4, -0.2) is 11.7 Å². The van der Waals surface area contributed by atoms with Crippen molar-refractivity contribution in [2.75, 3.05) is 7.11 Å². The van der Waals surface area contributed by atoms with Crippen molar-refractivity contribution in [1.29, 1.82) is 0 Å². The monoisotopic (exact) mass is 285 g/mol. The average molecular weight is 285 g/mol. The summed E-state index contributed by atoms with van der Waals surface area (Å²) in [7, 11) is 3.52. The quantitative estimate of drug-likeness (QED) is 0.725. The minimum atomic E-state index is -0.232. The Morgan fingerprint density at radius 3 is 2.71 bits per heavy atom. The fraction of sp³-hybridized carbons (Fsp3) is 0.176. The molecule has 0 aliphatic rings. The topological polar surface area (TPSA) is 23.4 Å². The van der Waals surface area contributed by atoms with Crippen LogP contribution in [0.1, 0.15) is 5.56 Å². The maximum absolute atomic E-state index is 13.3. The van der Waals surface area contributed by atoms with Crippen molar-refractivity contribution in [3.63, 3.8) is 0 Å². The Morgan fingerprint density at radius 2 is 1.90 bits per heavy atom. The molecule has 1 heterocycles. The Morgan fingerprint density at radius 1 is 1.10 bits per heavy atom. The van der Waals surface area contributed by atoms with E-state index in [-0.39, 0.29) is 5.82 Å². The van der Waals surface area contributed by atoms with Gasteiger partial charge in [0, 0.05) is 30.3 Å². The van der Waals surface area contributed by atoms with Gasteiger partial charge < -0.3 is 14.0 Å². The number of nitrogens with zero attached hydrogens (tertiary/aromatic N) is 1. The first-order chi connectivity index (χ1) is 10.2. The third-order valence-corrected chi connectivity index (χ3v) is 3.47. The van der Waals surface area contributed by atoms with Gasteiger partial charge in [-0.2, -0.15) is 0 Å². The summed E-state index contributed by atoms with van der Waals surface area (Å²) in [5, 5.41) is 1.00. The van der Waals surface area contributed by atoms with Crippen molar-refractivity contribution < 1.29 is 13.9 Å². The molecule has 0 fully saturated rings. The second-order valence-electron chi connectivity index (χ2n) is 4.89. The third-order valence-electron chi connectivity index (χ3n) is 3.47. The first-order valence-electron chi connectivity index (χ1n) is 6.67. The summed E-state index contributed by atoms with van der Waals surface area (Å²) >= 11 is 0. The molecular formula is C17H16FNO2. The molecule has 0 bridgehead atoms. The van der Waals surface area contributed by atoms with Gasteiger partial charge in [0.2, 0.25) is 0 Å². The van der Waals surface area contributed by atoms with E-state index in [2.05, 4.69) is 0 Å². The van der Waals surface area contributed by atoms with Crippen molar-refractivity contribution in [2.45, 2.75) is 6.61 Å². The Kier molecular flexibility index (Phi) is 3.52. The molecule has 0 atom stereocenters. The maximum atomic E-state index is 13.3. The van der Waals surface area contributed by atoms with Gasteiger partial charge in [-0.15, -0.1) is 0 Å². The number of benzene rings is 2. The van der Waals surface area contributed by atoms with Gasteiger partial charge in [0.05, 0.1) is 12.6 Å². The van der Waals surface area contributed by atoms with Crippen LogP contribution in [-0.2, 0) is 13.7 Å². The summed E-state index contributed by atoms with van der Waals surface area (Å²) in [5.74, 6) is 1.27. The number of ether oxygens (including phenoxy) is 2. The van der Waals surface area contributed by atoms with Crippen LogP contribution < -0.4 is 9.47 Å². The molecule has 0 aliphatic carbocycles.